The summed E-state index contributed by atoms with van der Waals surface area (Å²) in [7, 11) is 0. The van der Waals surface area contributed by atoms with E-state index >= 15 is 0 Å². The number of carbonyl (C=O) groups excluding carboxylic acids is 1. The quantitative estimate of drug-likeness (QED) is 0.868. The molecule has 0 aliphatic carbocycles. The number of hydrogen-bond donors (Lipinski definition) is 1. The van der Waals surface area contributed by atoms with Crippen molar-refractivity contribution >= 4 is 11.9 Å². The molecule has 1 saturated heterocycles. The maximum absolute atomic E-state index is 12.1. The highest BCUT2D eigenvalue weighted by molar-refractivity contribution is 5.76. The van der Waals surface area contributed by atoms with Crippen LogP contribution in [0.3, 0.4) is 0 Å². The third-order valence-electron chi connectivity index (χ3n) is 3.97. The Labute approximate surface area is 135 Å². The number of piperidine rings is 1. The Hall–Kier alpha value is -2.44. The molecule has 3 rings (SSSR count). The summed E-state index contributed by atoms with van der Waals surface area (Å²) in [5.74, 6) is 0.850. The number of amides is 1. The lowest BCUT2D eigenvalue weighted by atomic mass is 10.1. The summed E-state index contributed by atoms with van der Waals surface area (Å²) >= 11 is 0. The number of carbonyl (C=O) groups is 1. The van der Waals surface area contributed by atoms with Crippen molar-refractivity contribution < 1.29 is 4.79 Å². The van der Waals surface area contributed by atoms with E-state index in [4.69, 9.17) is 0 Å². The van der Waals surface area contributed by atoms with E-state index in [1.165, 1.54) is 0 Å². The Balaban J connectivity index is 1.43. The van der Waals surface area contributed by atoms with E-state index in [1.54, 1.807) is 18.6 Å². The van der Waals surface area contributed by atoms with Crippen LogP contribution in [0.25, 0.3) is 0 Å². The fraction of sp³-hybridized carbons (Fsp3) is 0.500. The predicted octanol–water partition coefficient (Wildman–Crippen LogP) is 1.24. The lowest BCUT2D eigenvalue weighted by molar-refractivity contribution is -0.122. The Kier molecular flexibility index (Phi) is 5.18. The van der Waals surface area contributed by atoms with Crippen LogP contribution < -0.4 is 10.2 Å². The van der Waals surface area contributed by atoms with E-state index in [1.807, 2.05) is 23.0 Å². The molecule has 7 heteroatoms. The molecular formula is C16H22N6O. The first-order chi connectivity index (χ1) is 11.3. The van der Waals surface area contributed by atoms with Crippen LogP contribution in [0.15, 0.2) is 36.9 Å². The first kappa shape index (κ1) is 15.5. The van der Waals surface area contributed by atoms with E-state index in [0.717, 1.165) is 44.8 Å². The Morgan fingerprint density at radius 1 is 1.26 bits per heavy atom. The smallest absolute Gasteiger partial charge is 0.225 e. The van der Waals surface area contributed by atoms with Crippen molar-refractivity contribution in [2.75, 3.05) is 18.0 Å². The minimum atomic E-state index is 0.109. The molecule has 0 spiro atoms. The second kappa shape index (κ2) is 7.71. The van der Waals surface area contributed by atoms with Gasteiger partial charge in [0, 0.05) is 56.9 Å². The van der Waals surface area contributed by atoms with Gasteiger partial charge in [-0.2, -0.15) is 5.10 Å². The number of rotatable bonds is 6. The van der Waals surface area contributed by atoms with Gasteiger partial charge in [-0.1, -0.05) is 0 Å². The Morgan fingerprint density at radius 3 is 2.91 bits per heavy atom. The molecule has 0 radical (unpaired) electrons. The molecule has 122 valence electrons. The molecule has 1 N–H and O–H groups in total. The van der Waals surface area contributed by atoms with Crippen LogP contribution in [-0.2, 0) is 11.3 Å². The maximum Gasteiger partial charge on any atom is 0.225 e. The summed E-state index contributed by atoms with van der Waals surface area (Å²) in [6.07, 6.45) is 10.5. The van der Waals surface area contributed by atoms with Gasteiger partial charge in [-0.15, -0.1) is 0 Å². The highest BCUT2D eigenvalue weighted by Gasteiger charge is 2.22. The van der Waals surface area contributed by atoms with Crippen molar-refractivity contribution in [3.05, 3.63) is 36.9 Å². The molecule has 1 amide bonds. The Bertz CT molecular complexity index is 600. The normalized spacial score (nSPS) is 17.9. The van der Waals surface area contributed by atoms with Gasteiger partial charge in [-0.25, -0.2) is 9.97 Å². The number of nitrogens with zero attached hydrogens (tertiary/aromatic N) is 5. The lowest BCUT2D eigenvalue weighted by Gasteiger charge is -2.33. The van der Waals surface area contributed by atoms with Crippen molar-refractivity contribution in [2.45, 2.75) is 38.3 Å². The molecule has 2 aromatic rings. The number of anilines is 1. The van der Waals surface area contributed by atoms with E-state index in [-0.39, 0.29) is 11.9 Å². The summed E-state index contributed by atoms with van der Waals surface area (Å²) < 4.78 is 1.85. The van der Waals surface area contributed by atoms with Gasteiger partial charge in [-0.05, 0) is 31.4 Å². The second-order valence-electron chi connectivity index (χ2n) is 5.77. The van der Waals surface area contributed by atoms with E-state index in [0.29, 0.717) is 6.42 Å². The molecule has 0 bridgehead atoms. The van der Waals surface area contributed by atoms with Crippen LogP contribution in [0.5, 0.6) is 0 Å². The van der Waals surface area contributed by atoms with Crippen molar-refractivity contribution in [1.82, 2.24) is 25.1 Å². The summed E-state index contributed by atoms with van der Waals surface area (Å²) in [5, 5.41) is 7.27. The molecule has 2 aromatic heterocycles. The molecular weight excluding hydrogens is 292 g/mol. The van der Waals surface area contributed by atoms with Gasteiger partial charge in [0.25, 0.3) is 0 Å². The third kappa shape index (κ3) is 4.51. The SMILES string of the molecule is O=C(CCCn1cccn1)N[C@@H]1CCCN(c2ncccn2)C1. The minimum Gasteiger partial charge on any atom is -0.352 e. The van der Waals surface area contributed by atoms with Crippen LogP contribution in [0, 0.1) is 0 Å². The number of aryl methyl sites for hydroxylation is 1. The zero-order valence-corrected chi connectivity index (χ0v) is 13.1. The molecule has 0 saturated carbocycles. The molecule has 7 nitrogen and oxygen atoms in total. The first-order valence-corrected chi connectivity index (χ1v) is 8.10. The largest absolute Gasteiger partial charge is 0.352 e. The molecule has 1 aliphatic heterocycles. The zero-order chi connectivity index (χ0) is 15.9. The monoisotopic (exact) mass is 314 g/mol. The van der Waals surface area contributed by atoms with Crippen molar-refractivity contribution in [3.8, 4) is 0 Å². The molecule has 3 heterocycles. The average molecular weight is 314 g/mol. The van der Waals surface area contributed by atoms with E-state index in [9.17, 15) is 4.79 Å². The van der Waals surface area contributed by atoms with E-state index < -0.39 is 0 Å². The van der Waals surface area contributed by atoms with Gasteiger partial charge >= 0.3 is 0 Å². The molecule has 1 aliphatic rings. The topological polar surface area (TPSA) is 75.9 Å². The number of nitrogens with one attached hydrogen (secondary N) is 1. The molecule has 0 aromatic carbocycles. The van der Waals surface area contributed by atoms with Crippen molar-refractivity contribution in [1.29, 1.82) is 0 Å². The highest BCUT2D eigenvalue weighted by atomic mass is 16.1. The standard InChI is InChI=1S/C16H22N6O/c23-15(6-2-11-22-12-4-9-19-22)20-14-5-1-10-21(13-14)16-17-7-3-8-18-16/h3-4,7-9,12,14H,1-2,5-6,10-11,13H2,(H,20,23)/t14-/m1/s1. The van der Waals surface area contributed by atoms with Crippen LogP contribution in [0.2, 0.25) is 0 Å². The third-order valence-corrected chi connectivity index (χ3v) is 3.97. The summed E-state index contributed by atoms with van der Waals surface area (Å²) in [4.78, 5) is 22.8. The van der Waals surface area contributed by atoms with E-state index in [2.05, 4.69) is 25.3 Å². The first-order valence-electron chi connectivity index (χ1n) is 8.10. The average Bonchev–Trinajstić information content (AvgIpc) is 3.09. The van der Waals surface area contributed by atoms with Crippen LogP contribution in [-0.4, -0.2) is 44.8 Å². The van der Waals surface area contributed by atoms with Crippen LogP contribution >= 0.6 is 0 Å². The van der Waals surface area contributed by atoms with Gasteiger partial charge in [0.2, 0.25) is 11.9 Å². The molecule has 1 fully saturated rings. The number of aromatic nitrogens is 4. The van der Waals surface area contributed by atoms with Crippen LogP contribution in [0.1, 0.15) is 25.7 Å². The van der Waals surface area contributed by atoms with Gasteiger partial charge in [0.15, 0.2) is 0 Å². The summed E-state index contributed by atoms with van der Waals surface area (Å²) in [6, 6.07) is 3.87. The maximum atomic E-state index is 12.1. The Morgan fingerprint density at radius 2 is 2.13 bits per heavy atom. The van der Waals surface area contributed by atoms with Gasteiger partial charge in [0.1, 0.15) is 0 Å². The van der Waals surface area contributed by atoms with Gasteiger partial charge < -0.3 is 10.2 Å². The second-order valence-corrected chi connectivity index (χ2v) is 5.77. The molecule has 1 atom stereocenters. The van der Waals surface area contributed by atoms with Crippen molar-refractivity contribution in [3.63, 3.8) is 0 Å². The molecule has 23 heavy (non-hydrogen) atoms. The predicted molar refractivity (Wildman–Crippen MR) is 86.9 cm³/mol. The zero-order valence-electron chi connectivity index (χ0n) is 13.1. The fourth-order valence-electron chi connectivity index (χ4n) is 2.87. The fourth-order valence-corrected chi connectivity index (χ4v) is 2.87. The van der Waals surface area contributed by atoms with Crippen LogP contribution in [0.4, 0.5) is 5.95 Å². The summed E-state index contributed by atoms with van der Waals surface area (Å²) in [6.45, 7) is 2.49. The molecule has 0 unspecified atom stereocenters. The number of hydrogen-bond acceptors (Lipinski definition) is 5. The van der Waals surface area contributed by atoms with Crippen molar-refractivity contribution in [2.24, 2.45) is 0 Å². The summed E-state index contributed by atoms with van der Waals surface area (Å²) in [5.41, 5.74) is 0. The lowest BCUT2D eigenvalue weighted by Crippen LogP contribution is -2.48. The van der Waals surface area contributed by atoms with Gasteiger partial charge in [-0.3, -0.25) is 9.48 Å². The van der Waals surface area contributed by atoms with Gasteiger partial charge in [0.05, 0.1) is 0 Å². The highest BCUT2D eigenvalue weighted by Crippen LogP contribution is 2.15. The minimum absolute atomic E-state index is 0.109.